The molecule has 0 aromatic heterocycles. The van der Waals surface area contributed by atoms with Gasteiger partial charge >= 0.3 is 5.97 Å². The summed E-state index contributed by atoms with van der Waals surface area (Å²) in [5.74, 6) is -0.999. The minimum atomic E-state index is -0.908. The number of carbonyl (C=O) groups is 2. The van der Waals surface area contributed by atoms with Crippen molar-refractivity contribution < 1.29 is 14.7 Å². The fourth-order valence-corrected chi connectivity index (χ4v) is 2.71. The van der Waals surface area contributed by atoms with Crippen LogP contribution in [0, 0.1) is 6.92 Å². The third-order valence-electron chi connectivity index (χ3n) is 3.72. The highest BCUT2D eigenvalue weighted by Gasteiger charge is 2.33. The van der Waals surface area contributed by atoms with E-state index in [1.165, 1.54) is 4.90 Å². The SMILES string of the molecule is Cc1ccc(CCC(=O)N2CCC[C@H]2C(=O)O)cc1Cl. The summed E-state index contributed by atoms with van der Waals surface area (Å²) < 4.78 is 0. The Morgan fingerprint density at radius 2 is 2.20 bits per heavy atom. The van der Waals surface area contributed by atoms with Crippen molar-refractivity contribution in [2.45, 2.75) is 38.6 Å². The van der Waals surface area contributed by atoms with Gasteiger partial charge in [0.05, 0.1) is 0 Å². The van der Waals surface area contributed by atoms with Crippen LogP contribution in [0.1, 0.15) is 30.4 Å². The van der Waals surface area contributed by atoms with Crippen molar-refractivity contribution in [1.29, 1.82) is 0 Å². The number of carbonyl (C=O) groups excluding carboxylic acids is 1. The number of aryl methyl sites for hydroxylation is 2. The molecule has 1 atom stereocenters. The largest absolute Gasteiger partial charge is 0.480 e. The summed E-state index contributed by atoms with van der Waals surface area (Å²) in [7, 11) is 0. The van der Waals surface area contributed by atoms with Gasteiger partial charge in [0.1, 0.15) is 6.04 Å². The molecule has 0 unspecified atom stereocenters. The maximum atomic E-state index is 12.1. The zero-order valence-electron chi connectivity index (χ0n) is 11.4. The molecule has 108 valence electrons. The van der Waals surface area contributed by atoms with E-state index in [2.05, 4.69) is 0 Å². The Morgan fingerprint density at radius 3 is 2.85 bits per heavy atom. The molecule has 1 aliphatic rings. The van der Waals surface area contributed by atoms with Crippen molar-refractivity contribution in [3.8, 4) is 0 Å². The minimum Gasteiger partial charge on any atom is -0.480 e. The van der Waals surface area contributed by atoms with Crippen molar-refractivity contribution >= 4 is 23.5 Å². The van der Waals surface area contributed by atoms with Crippen LogP contribution in [0.5, 0.6) is 0 Å². The average Bonchev–Trinajstić information content (AvgIpc) is 2.89. The van der Waals surface area contributed by atoms with Gasteiger partial charge in [0.15, 0.2) is 0 Å². The van der Waals surface area contributed by atoms with E-state index in [9.17, 15) is 9.59 Å². The fourth-order valence-electron chi connectivity index (χ4n) is 2.51. The number of aliphatic carboxylic acids is 1. The molecule has 1 saturated heterocycles. The van der Waals surface area contributed by atoms with Gasteiger partial charge in [-0.3, -0.25) is 4.79 Å². The third kappa shape index (κ3) is 3.31. The van der Waals surface area contributed by atoms with E-state index in [0.29, 0.717) is 30.8 Å². The number of hydrogen-bond acceptors (Lipinski definition) is 2. The number of carboxylic acids is 1. The molecule has 4 nitrogen and oxygen atoms in total. The molecule has 1 fully saturated rings. The van der Waals surface area contributed by atoms with Crippen molar-refractivity contribution in [2.75, 3.05) is 6.54 Å². The van der Waals surface area contributed by atoms with Crippen molar-refractivity contribution in [3.63, 3.8) is 0 Å². The number of carboxylic acid groups (broad SMARTS) is 1. The van der Waals surface area contributed by atoms with Gasteiger partial charge in [0.25, 0.3) is 0 Å². The first-order chi connectivity index (χ1) is 9.49. The van der Waals surface area contributed by atoms with E-state index in [4.69, 9.17) is 16.7 Å². The minimum absolute atomic E-state index is 0.0911. The van der Waals surface area contributed by atoms with Crippen LogP contribution < -0.4 is 0 Å². The molecule has 5 heteroatoms. The Kier molecular flexibility index (Phi) is 4.65. The number of nitrogens with zero attached hydrogens (tertiary/aromatic N) is 1. The Labute approximate surface area is 123 Å². The van der Waals surface area contributed by atoms with E-state index >= 15 is 0 Å². The normalized spacial score (nSPS) is 18.3. The van der Waals surface area contributed by atoms with Crippen molar-refractivity contribution in [2.24, 2.45) is 0 Å². The lowest BCUT2D eigenvalue weighted by atomic mass is 10.1. The Morgan fingerprint density at radius 1 is 1.45 bits per heavy atom. The van der Waals surface area contributed by atoms with E-state index < -0.39 is 12.0 Å². The Bertz CT molecular complexity index is 530. The predicted octanol–water partition coefficient (Wildman–Crippen LogP) is 2.66. The van der Waals surface area contributed by atoms with E-state index in [1.807, 2.05) is 25.1 Å². The molecular weight excluding hydrogens is 278 g/mol. The van der Waals surface area contributed by atoms with Crippen LogP contribution in [0.25, 0.3) is 0 Å². The summed E-state index contributed by atoms with van der Waals surface area (Å²) in [4.78, 5) is 24.7. The quantitative estimate of drug-likeness (QED) is 0.929. The van der Waals surface area contributed by atoms with Gasteiger partial charge in [0.2, 0.25) is 5.91 Å². The number of halogens is 1. The molecule has 1 aromatic rings. The van der Waals surface area contributed by atoms with Gasteiger partial charge in [-0.05, 0) is 43.4 Å². The van der Waals surface area contributed by atoms with Gasteiger partial charge in [-0.15, -0.1) is 0 Å². The molecule has 0 spiro atoms. The average molecular weight is 296 g/mol. The molecule has 0 radical (unpaired) electrons. The number of likely N-dealkylation sites (tertiary alicyclic amines) is 1. The first-order valence-electron chi connectivity index (χ1n) is 6.76. The number of hydrogen-bond donors (Lipinski definition) is 1. The first-order valence-corrected chi connectivity index (χ1v) is 7.14. The van der Waals surface area contributed by atoms with Crippen LogP contribution in [0.4, 0.5) is 0 Å². The van der Waals surface area contributed by atoms with Crippen LogP contribution >= 0.6 is 11.6 Å². The van der Waals surface area contributed by atoms with Crippen LogP contribution in [-0.2, 0) is 16.0 Å². The van der Waals surface area contributed by atoms with Crippen LogP contribution in [-0.4, -0.2) is 34.5 Å². The molecule has 0 saturated carbocycles. The summed E-state index contributed by atoms with van der Waals surface area (Å²) >= 11 is 6.05. The molecule has 1 aromatic carbocycles. The standard InChI is InChI=1S/C15H18ClNO3/c1-10-4-5-11(9-12(10)16)6-7-14(18)17-8-2-3-13(17)15(19)20/h4-5,9,13H,2-3,6-8H2,1H3,(H,19,20)/t13-/m0/s1. The van der Waals surface area contributed by atoms with Crippen LogP contribution in [0.3, 0.4) is 0 Å². The molecule has 1 amide bonds. The van der Waals surface area contributed by atoms with Crippen molar-refractivity contribution in [1.82, 2.24) is 4.90 Å². The summed E-state index contributed by atoms with van der Waals surface area (Å²) in [5, 5.41) is 9.77. The van der Waals surface area contributed by atoms with Gasteiger partial charge in [-0.2, -0.15) is 0 Å². The molecule has 0 bridgehead atoms. The van der Waals surface area contributed by atoms with Crippen LogP contribution in [0.2, 0.25) is 5.02 Å². The lowest BCUT2D eigenvalue weighted by Gasteiger charge is -2.21. The molecule has 20 heavy (non-hydrogen) atoms. The van der Waals surface area contributed by atoms with Crippen LogP contribution in [0.15, 0.2) is 18.2 Å². The summed E-state index contributed by atoms with van der Waals surface area (Å²) in [6.45, 7) is 2.48. The number of amides is 1. The molecule has 2 rings (SSSR count). The van der Waals surface area contributed by atoms with Gasteiger partial charge < -0.3 is 10.0 Å². The summed E-state index contributed by atoms with van der Waals surface area (Å²) in [6, 6.07) is 5.10. The fraction of sp³-hybridized carbons (Fsp3) is 0.467. The zero-order valence-corrected chi connectivity index (χ0v) is 12.2. The maximum Gasteiger partial charge on any atom is 0.326 e. The molecule has 0 aliphatic carbocycles. The van der Waals surface area contributed by atoms with E-state index in [1.54, 1.807) is 0 Å². The monoisotopic (exact) mass is 295 g/mol. The second-order valence-electron chi connectivity index (χ2n) is 5.17. The second kappa shape index (κ2) is 6.27. The third-order valence-corrected chi connectivity index (χ3v) is 4.13. The second-order valence-corrected chi connectivity index (χ2v) is 5.57. The zero-order chi connectivity index (χ0) is 14.7. The molecule has 1 aliphatic heterocycles. The van der Waals surface area contributed by atoms with E-state index in [0.717, 1.165) is 17.5 Å². The maximum absolute atomic E-state index is 12.1. The molecule has 1 heterocycles. The van der Waals surface area contributed by atoms with Gasteiger partial charge in [-0.1, -0.05) is 23.7 Å². The summed E-state index contributed by atoms with van der Waals surface area (Å²) in [5.41, 5.74) is 2.01. The lowest BCUT2D eigenvalue weighted by Crippen LogP contribution is -2.40. The first kappa shape index (κ1) is 14.9. The molecule has 1 N–H and O–H groups in total. The Hall–Kier alpha value is -1.55. The highest BCUT2D eigenvalue weighted by Crippen LogP contribution is 2.21. The number of rotatable bonds is 4. The highest BCUT2D eigenvalue weighted by molar-refractivity contribution is 6.31. The highest BCUT2D eigenvalue weighted by atomic mass is 35.5. The smallest absolute Gasteiger partial charge is 0.326 e. The predicted molar refractivity (Wildman–Crippen MR) is 76.9 cm³/mol. The van der Waals surface area contributed by atoms with E-state index in [-0.39, 0.29) is 5.91 Å². The van der Waals surface area contributed by atoms with Crippen molar-refractivity contribution in [3.05, 3.63) is 34.3 Å². The molecular formula is C15H18ClNO3. The van der Waals surface area contributed by atoms with Gasteiger partial charge in [0, 0.05) is 18.0 Å². The lowest BCUT2D eigenvalue weighted by molar-refractivity contribution is -0.148. The topological polar surface area (TPSA) is 57.6 Å². The number of benzene rings is 1. The Balaban J connectivity index is 1.94. The van der Waals surface area contributed by atoms with Gasteiger partial charge in [-0.25, -0.2) is 4.79 Å². The summed E-state index contributed by atoms with van der Waals surface area (Å²) in [6.07, 6.45) is 2.22.